The van der Waals surface area contributed by atoms with E-state index in [0.717, 1.165) is 5.92 Å². The molecule has 0 spiro atoms. The van der Waals surface area contributed by atoms with Crippen molar-refractivity contribution in [3.8, 4) is 0 Å². The van der Waals surface area contributed by atoms with E-state index in [9.17, 15) is 0 Å². The van der Waals surface area contributed by atoms with E-state index in [2.05, 4.69) is 26.5 Å². The van der Waals surface area contributed by atoms with Crippen LogP contribution in [0.2, 0.25) is 0 Å². The predicted octanol–water partition coefficient (Wildman–Crippen LogP) is 3.42. The van der Waals surface area contributed by atoms with Gasteiger partial charge in [0.15, 0.2) is 0 Å². The molecule has 0 radical (unpaired) electrons. The molecule has 1 rings (SSSR count). The first-order chi connectivity index (χ1) is 4.70. The Labute approximate surface area is 65.1 Å². The second kappa shape index (κ2) is 3.05. The summed E-state index contributed by atoms with van der Waals surface area (Å²) in [4.78, 5) is 0. The predicted molar refractivity (Wildman–Crippen MR) is 47.0 cm³/mol. The number of rotatable bonds is 1. The van der Waals surface area contributed by atoms with Crippen LogP contribution in [-0.4, -0.2) is 0 Å². The third kappa shape index (κ3) is 1.73. The highest BCUT2D eigenvalue weighted by atomic mass is 14.2. The number of hydrogen-bond donors (Lipinski definition) is 0. The lowest BCUT2D eigenvalue weighted by Gasteiger charge is -2.19. The van der Waals surface area contributed by atoms with E-state index in [4.69, 9.17) is 0 Å². The highest BCUT2D eigenvalue weighted by Gasteiger charge is 2.11. The standard InChI is InChI=1S/C10H16/c1-8(2)10-6-4-9(3)5-7-10/h4,10H,1,5-7H2,2-3H3/p+1/t10-/m0/s1. The van der Waals surface area contributed by atoms with Crippen molar-refractivity contribution in [2.75, 3.05) is 0 Å². The molecule has 0 heteroatoms. The summed E-state index contributed by atoms with van der Waals surface area (Å²) in [5.74, 6) is 0.767. The van der Waals surface area contributed by atoms with Crippen LogP contribution in [-0.2, 0) is 0 Å². The molecule has 0 N–H and O–H groups in total. The van der Waals surface area contributed by atoms with Crippen molar-refractivity contribution >= 4 is 0 Å². The van der Waals surface area contributed by atoms with Crippen molar-refractivity contribution in [1.29, 1.82) is 0 Å². The van der Waals surface area contributed by atoms with Crippen molar-refractivity contribution in [2.24, 2.45) is 5.92 Å². The Morgan fingerprint density at radius 1 is 1.80 bits per heavy atom. The molecule has 0 aromatic heterocycles. The van der Waals surface area contributed by atoms with Crippen molar-refractivity contribution in [2.45, 2.75) is 33.1 Å². The molecule has 0 aromatic rings. The molecule has 56 valence electrons. The third-order valence-electron chi connectivity index (χ3n) is 2.33. The first kappa shape index (κ1) is 7.59. The van der Waals surface area contributed by atoms with Crippen molar-refractivity contribution in [3.05, 3.63) is 23.8 Å². The summed E-state index contributed by atoms with van der Waals surface area (Å²) in [6.45, 7) is 8.33. The van der Waals surface area contributed by atoms with Gasteiger partial charge >= 0.3 is 1.43 Å². The molecule has 0 saturated carbocycles. The third-order valence-corrected chi connectivity index (χ3v) is 2.33. The minimum atomic E-state index is 0. The lowest BCUT2D eigenvalue weighted by atomic mass is 9.86. The first-order valence-electron chi connectivity index (χ1n) is 4.01. The summed E-state index contributed by atoms with van der Waals surface area (Å²) >= 11 is 0. The van der Waals surface area contributed by atoms with Crippen LogP contribution in [0.15, 0.2) is 23.8 Å². The fourth-order valence-electron chi connectivity index (χ4n) is 1.41. The maximum atomic E-state index is 3.97. The molecule has 10 heavy (non-hydrogen) atoms. The van der Waals surface area contributed by atoms with Crippen molar-refractivity contribution in [1.82, 2.24) is 0 Å². The van der Waals surface area contributed by atoms with Crippen LogP contribution in [0.4, 0.5) is 0 Å². The van der Waals surface area contributed by atoms with Gasteiger partial charge in [0, 0.05) is 0 Å². The van der Waals surface area contributed by atoms with Gasteiger partial charge in [0.05, 0.1) is 0 Å². The average Bonchev–Trinajstić information content (AvgIpc) is 1.88. The van der Waals surface area contributed by atoms with Gasteiger partial charge in [-0.15, -0.1) is 0 Å². The Hall–Kier alpha value is -0.520. The zero-order valence-electron chi connectivity index (χ0n) is 7.98. The highest BCUT2D eigenvalue weighted by molar-refractivity contribution is 5.09. The van der Waals surface area contributed by atoms with Crippen molar-refractivity contribution < 1.29 is 1.43 Å². The number of hydrogen-bond acceptors (Lipinski definition) is 0. The van der Waals surface area contributed by atoms with Gasteiger partial charge in [0.1, 0.15) is 0 Å². The van der Waals surface area contributed by atoms with Gasteiger partial charge in [0.25, 0.3) is 0 Å². The quantitative estimate of drug-likeness (QED) is 0.486. The maximum Gasteiger partial charge on any atom is 1.00 e. The molecule has 0 aliphatic heterocycles. The summed E-state index contributed by atoms with van der Waals surface area (Å²) in [7, 11) is 0. The molecular formula is C10H17+. The van der Waals surface area contributed by atoms with Gasteiger partial charge in [-0.2, -0.15) is 0 Å². The van der Waals surface area contributed by atoms with Gasteiger partial charge in [0.2, 0.25) is 0 Å². The van der Waals surface area contributed by atoms with Gasteiger partial charge in [-0.3, -0.25) is 0 Å². The van der Waals surface area contributed by atoms with E-state index in [1.165, 1.54) is 24.8 Å². The molecule has 1 atom stereocenters. The average molecular weight is 137 g/mol. The summed E-state index contributed by atoms with van der Waals surface area (Å²) in [5.41, 5.74) is 2.90. The number of allylic oxidation sites excluding steroid dienone is 3. The van der Waals surface area contributed by atoms with Gasteiger partial charge < -0.3 is 0 Å². The molecular weight excluding hydrogens is 120 g/mol. The lowest BCUT2D eigenvalue weighted by molar-refractivity contribution is 0.540. The maximum absolute atomic E-state index is 3.97. The first-order valence-corrected chi connectivity index (χ1v) is 4.01. The molecule has 0 fully saturated rings. The fourth-order valence-corrected chi connectivity index (χ4v) is 1.41. The van der Waals surface area contributed by atoms with Crippen LogP contribution in [0.5, 0.6) is 0 Å². The van der Waals surface area contributed by atoms with E-state index in [1.807, 2.05) is 0 Å². The zero-order valence-corrected chi connectivity index (χ0v) is 6.98. The summed E-state index contributed by atoms with van der Waals surface area (Å²) in [5, 5.41) is 0. The van der Waals surface area contributed by atoms with Crippen LogP contribution in [0.1, 0.15) is 34.5 Å². The van der Waals surface area contributed by atoms with E-state index in [0.29, 0.717) is 0 Å². The Morgan fingerprint density at radius 2 is 2.50 bits per heavy atom. The van der Waals surface area contributed by atoms with Crippen LogP contribution in [0.25, 0.3) is 0 Å². The van der Waals surface area contributed by atoms with Gasteiger partial charge in [-0.1, -0.05) is 23.8 Å². The van der Waals surface area contributed by atoms with E-state index in [1.54, 1.807) is 5.57 Å². The van der Waals surface area contributed by atoms with E-state index < -0.39 is 0 Å². The van der Waals surface area contributed by atoms with Crippen LogP contribution < -0.4 is 0 Å². The molecule has 0 aromatic carbocycles. The monoisotopic (exact) mass is 137 g/mol. The minimum Gasteiger partial charge on any atom is -0.0998 e. The van der Waals surface area contributed by atoms with Crippen LogP contribution >= 0.6 is 0 Å². The molecule has 1 aliphatic rings. The highest BCUT2D eigenvalue weighted by Crippen LogP contribution is 2.27. The van der Waals surface area contributed by atoms with Crippen LogP contribution in [0.3, 0.4) is 0 Å². The molecule has 0 saturated heterocycles. The smallest absolute Gasteiger partial charge is 0.0998 e. The minimum absolute atomic E-state index is 0. The van der Waals surface area contributed by atoms with Gasteiger partial charge in [-0.05, 0) is 39.0 Å². The summed E-state index contributed by atoms with van der Waals surface area (Å²) < 4.78 is 0. The summed E-state index contributed by atoms with van der Waals surface area (Å²) in [6, 6.07) is 0. The van der Waals surface area contributed by atoms with Crippen molar-refractivity contribution in [3.63, 3.8) is 0 Å². The van der Waals surface area contributed by atoms with Gasteiger partial charge in [-0.25, -0.2) is 0 Å². The zero-order chi connectivity index (χ0) is 7.56. The molecule has 1 aliphatic carbocycles. The lowest BCUT2D eigenvalue weighted by Crippen LogP contribution is -2.04. The van der Waals surface area contributed by atoms with Crippen LogP contribution in [0, 0.1) is 5.92 Å². The molecule has 0 bridgehead atoms. The summed E-state index contributed by atoms with van der Waals surface area (Å²) in [6.07, 6.45) is 6.17. The second-order valence-corrected chi connectivity index (χ2v) is 3.37. The normalized spacial score (nSPS) is 25.8. The fraction of sp³-hybridized carbons (Fsp3) is 0.600. The van der Waals surface area contributed by atoms with E-state index >= 15 is 0 Å². The Kier molecular flexibility index (Phi) is 2.31. The largest absolute Gasteiger partial charge is 1.00 e. The molecule has 0 unspecified atom stereocenters. The molecule has 0 amide bonds. The molecule has 0 nitrogen and oxygen atoms in total. The Morgan fingerprint density at radius 3 is 2.90 bits per heavy atom. The Bertz CT molecular complexity index is 168. The SMILES string of the molecule is C=C(C)[C@H]1CC=C(C)CC1.[H+]. The topological polar surface area (TPSA) is 0 Å². The Balaban J connectivity index is 0.000001000. The molecule has 0 heterocycles. The van der Waals surface area contributed by atoms with E-state index in [-0.39, 0.29) is 1.43 Å². The second-order valence-electron chi connectivity index (χ2n) is 3.37.